The lowest BCUT2D eigenvalue weighted by molar-refractivity contribution is -0.132. The van der Waals surface area contributed by atoms with Crippen LogP contribution in [0.5, 0.6) is 5.75 Å². The molecule has 0 radical (unpaired) electrons. The number of aromatic nitrogens is 2. The van der Waals surface area contributed by atoms with Crippen molar-refractivity contribution in [3.63, 3.8) is 0 Å². The number of hydrogen-bond acceptors (Lipinski definition) is 5. The Morgan fingerprint density at radius 3 is 2.71 bits per heavy atom. The van der Waals surface area contributed by atoms with Crippen LogP contribution in [0, 0.1) is 0 Å². The van der Waals surface area contributed by atoms with E-state index in [1.807, 2.05) is 37.3 Å². The lowest BCUT2D eigenvalue weighted by Gasteiger charge is -2.10. The number of halogens is 2. The largest absolute Gasteiger partial charge is 0.493 e. The number of carbonyl (C=O) groups excluding carboxylic acids is 1. The van der Waals surface area contributed by atoms with Gasteiger partial charge in [0.1, 0.15) is 21.6 Å². The van der Waals surface area contributed by atoms with Crippen LogP contribution in [0.4, 0.5) is 5.69 Å². The first-order chi connectivity index (χ1) is 16.3. The number of nitrogens with one attached hydrogen (secondary N) is 1. The summed E-state index contributed by atoms with van der Waals surface area (Å²) in [5.74, 6) is -1.12. The zero-order valence-electron chi connectivity index (χ0n) is 18.0. The molecule has 0 fully saturated rings. The summed E-state index contributed by atoms with van der Waals surface area (Å²) in [7, 11) is 0. The van der Waals surface area contributed by atoms with Crippen LogP contribution >= 0.6 is 23.2 Å². The van der Waals surface area contributed by atoms with E-state index in [1.54, 1.807) is 10.6 Å². The Balaban J connectivity index is 1.73. The zero-order chi connectivity index (χ0) is 24.4. The molecule has 0 bridgehead atoms. The van der Waals surface area contributed by atoms with E-state index in [9.17, 15) is 14.4 Å². The number of aliphatic carboxylic acids is 1. The smallest absolute Gasteiger partial charge is 0.349 e. The molecule has 34 heavy (non-hydrogen) atoms. The van der Waals surface area contributed by atoms with Crippen molar-refractivity contribution in [2.45, 2.75) is 19.9 Å². The van der Waals surface area contributed by atoms with Gasteiger partial charge in [0.15, 0.2) is 0 Å². The number of fused-ring (bicyclic) bond motifs is 2. The standard InChI is InChI=1S/C24H19Cl2N3O5/c1-2-34-18-6-4-3-5-13(18)11-14-9-10-29-21(14)28-17-12-15(7-8-16(17)23(29)31)27-22(30)19(25)20(26)24(32)33/h3-8,11-12H,2,9-10H2,1H3,(H,27,30)(H,32,33)/b14-11-,20-19-. The van der Waals surface area contributed by atoms with E-state index >= 15 is 0 Å². The third-order valence-electron chi connectivity index (χ3n) is 5.23. The lowest BCUT2D eigenvalue weighted by atomic mass is 10.1. The number of amides is 1. The van der Waals surface area contributed by atoms with Gasteiger partial charge in [0.05, 0.1) is 17.5 Å². The Morgan fingerprint density at radius 2 is 1.97 bits per heavy atom. The summed E-state index contributed by atoms with van der Waals surface area (Å²) in [5.41, 5.74) is 2.25. The number of rotatable bonds is 6. The van der Waals surface area contributed by atoms with Crippen molar-refractivity contribution in [2.24, 2.45) is 0 Å². The highest BCUT2D eigenvalue weighted by atomic mass is 35.5. The second kappa shape index (κ2) is 9.70. The Hall–Kier alpha value is -3.62. The molecule has 0 saturated heterocycles. The van der Waals surface area contributed by atoms with E-state index in [0.29, 0.717) is 36.3 Å². The number of nitrogens with zero attached hydrogens (tertiary/aromatic N) is 2. The van der Waals surface area contributed by atoms with Crippen LogP contribution in [-0.4, -0.2) is 33.1 Å². The number of carbonyl (C=O) groups is 2. The molecule has 4 rings (SSSR count). The van der Waals surface area contributed by atoms with Gasteiger partial charge in [-0.15, -0.1) is 0 Å². The molecule has 0 saturated carbocycles. The third kappa shape index (κ3) is 4.55. The lowest BCUT2D eigenvalue weighted by Crippen LogP contribution is -2.21. The summed E-state index contributed by atoms with van der Waals surface area (Å²) in [6, 6.07) is 12.2. The topological polar surface area (TPSA) is 111 Å². The Morgan fingerprint density at radius 1 is 1.21 bits per heavy atom. The highest BCUT2D eigenvalue weighted by Gasteiger charge is 2.22. The van der Waals surface area contributed by atoms with Crippen molar-refractivity contribution in [2.75, 3.05) is 11.9 Å². The number of anilines is 1. The van der Waals surface area contributed by atoms with Crippen LogP contribution in [0.1, 0.15) is 24.7 Å². The van der Waals surface area contributed by atoms with Gasteiger partial charge in [-0.1, -0.05) is 41.4 Å². The minimum absolute atomic E-state index is 0.189. The van der Waals surface area contributed by atoms with Gasteiger partial charge in [0.25, 0.3) is 11.5 Å². The first-order valence-electron chi connectivity index (χ1n) is 10.4. The summed E-state index contributed by atoms with van der Waals surface area (Å²) in [6.45, 7) is 2.95. The van der Waals surface area contributed by atoms with Crippen LogP contribution in [-0.2, 0) is 16.1 Å². The molecule has 2 N–H and O–H groups in total. The van der Waals surface area contributed by atoms with Gasteiger partial charge >= 0.3 is 5.97 Å². The average molecular weight is 500 g/mol. The maximum absolute atomic E-state index is 13.1. The van der Waals surface area contributed by atoms with E-state index in [1.165, 1.54) is 12.1 Å². The molecule has 0 unspecified atom stereocenters. The van der Waals surface area contributed by atoms with Crippen LogP contribution in [0.2, 0.25) is 0 Å². The molecule has 1 aromatic heterocycles. The first-order valence-corrected chi connectivity index (χ1v) is 11.1. The number of para-hydroxylation sites is 1. The summed E-state index contributed by atoms with van der Waals surface area (Å²) in [5, 5.41) is 10.3. The number of benzene rings is 2. The molecule has 8 nitrogen and oxygen atoms in total. The van der Waals surface area contributed by atoms with Crippen molar-refractivity contribution in [3.05, 3.63) is 74.3 Å². The molecule has 0 aliphatic carbocycles. The van der Waals surface area contributed by atoms with Gasteiger partial charge in [0.2, 0.25) is 0 Å². The van der Waals surface area contributed by atoms with Gasteiger partial charge < -0.3 is 15.2 Å². The molecular formula is C24H19Cl2N3O5. The fraction of sp³-hybridized carbons (Fsp3) is 0.167. The zero-order valence-corrected chi connectivity index (χ0v) is 19.5. The molecule has 1 aliphatic heterocycles. The van der Waals surface area contributed by atoms with Gasteiger partial charge in [-0.2, -0.15) is 0 Å². The second-order valence-corrected chi connectivity index (χ2v) is 8.16. The van der Waals surface area contributed by atoms with Crippen molar-refractivity contribution < 1.29 is 19.4 Å². The maximum atomic E-state index is 13.1. The molecule has 0 spiro atoms. The fourth-order valence-corrected chi connectivity index (χ4v) is 3.90. The monoisotopic (exact) mass is 499 g/mol. The number of ether oxygens (including phenoxy) is 1. The van der Waals surface area contributed by atoms with E-state index in [2.05, 4.69) is 10.3 Å². The van der Waals surface area contributed by atoms with Crippen LogP contribution in [0.15, 0.2) is 57.3 Å². The van der Waals surface area contributed by atoms with Crippen molar-refractivity contribution >= 4 is 63.3 Å². The van der Waals surface area contributed by atoms with Crippen molar-refractivity contribution in [1.82, 2.24) is 9.55 Å². The molecule has 1 amide bonds. The van der Waals surface area contributed by atoms with Crippen molar-refractivity contribution in [1.29, 1.82) is 0 Å². The van der Waals surface area contributed by atoms with Crippen LogP contribution in [0.25, 0.3) is 22.6 Å². The van der Waals surface area contributed by atoms with Gasteiger partial charge in [-0.05, 0) is 49.3 Å². The highest BCUT2D eigenvalue weighted by Crippen LogP contribution is 2.31. The maximum Gasteiger partial charge on any atom is 0.349 e. The number of carboxylic acid groups (broad SMARTS) is 1. The number of hydrogen-bond donors (Lipinski definition) is 2. The second-order valence-electron chi connectivity index (χ2n) is 7.40. The van der Waals surface area contributed by atoms with E-state index in [-0.39, 0.29) is 11.2 Å². The van der Waals surface area contributed by atoms with E-state index < -0.39 is 21.9 Å². The Kier molecular flexibility index (Phi) is 6.72. The van der Waals surface area contributed by atoms with Crippen molar-refractivity contribution in [3.8, 4) is 5.75 Å². The SMILES string of the molecule is CCOc1ccccc1/C=C1/CCn2c1nc1cc(NC(=O)/C(Cl)=C(/Cl)C(=O)O)ccc1c2=O. The minimum atomic E-state index is -1.52. The number of carboxylic acids is 1. The molecule has 3 aromatic rings. The summed E-state index contributed by atoms with van der Waals surface area (Å²) >= 11 is 11.3. The van der Waals surface area contributed by atoms with Gasteiger partial charge in [-0.3, -0.25) is 14.2 Å². The quantitative estimate of drug-likeness (QED) is 0.484. The molecule has 2 aromatic carbocycles. The van der Waals surface area contributed by atoms with Gasteiger partial charge in [0, 0.05) is 17.8 Å². The van der Waals surface area contributed by atoms with Crippen LogP contribution in [0.3, 0.4) is 0 Å². The highest BCUT2D eigenvalue weighted by molar-refractivity contribution is 6.54. The fourth-order valence-electron chi connectivity index (χ4n) is 3.69. The van der Waals surface area contributed by atoms with Gasteiger partial charge in [-0.25, -0.2) is 9.78 Å². The predicted molar refractivity (Wildman–Crippen MR) is 131 cm³/mol. The average Bonchev–Trinajstić information content (AvgIpc) is 3.22. The first kappa shape index (κ1) is 23.5. The van der Waals surface area contributed by atoms with E-state index in [4.69, 9.17) is 33.0 Å². The summed E-state index contributed by atoms with van der Waals surface area (Å²) in [6.07, 6.45) is 2.60. The normalized spacial score (nSPS) is 14.6. The van der Waals surface area contributed by atoms with E-state index in [0.717, 1.165) is 16.9 Å². The van der Waals surface area contributed by atoms with Crippen LogP contribution < -0.4 is 15.6 Å². The molecular weight excluding hydrogens is 481 g/mol. The molecule has 1 aliphatic rings. The molecule has 2 heterocycles. The molecule has 10 heteroatoms. The number of allylic oxidation sites excluding steroid dienone is 1. The Bertz CT molecular complexity index is 1440. The summed E-state index contributed by atoms with van der Waals surface area (Å²) in [4.78, 5) is 40.9. The minimum Gasteiger partial charge on any atom is -0.493 e. The predicted octanol–water partition coefficient (Wildman–Crippen LogP) is 4.45. The Labute approximate surface area is 204 Å². The molecule has 0 atom stereocenters. The summed E-state index contributed by atoms with van der Waals surface area (Å²) < 4.78 is 7.33. The third-order valence-corrected chi connectivity index (χ3v) is 6.04. The molecule has 174 valence electrons.